The Hall–Kier alpha value is -1.29. The monoisotopic (exact) mass is 232 g/mol. The number of hydrogen-bond acceptors (Lipinski definition) is 2. The lowest BCUT2D eigenvalue weighted by molar-refractivity contribution is -0.137. The average molecular weight is 233 g/mol. The zero-order valence-electron chi connectivity index (χ0n) is 8.00. The standard InChI is InChI=1S/C10H10ClFO3/c1-5(2-10(14)15)6-3-7(11)9(13)4-8(6)12/h3-5,13H,2H2,1H3,(H,14,15). The summed E-state index contributed by atoms with van der Waals surface area (Å²) in [5.41, 5.74) is 0.195. The highest BCUT2D eigenvalue weighted by atomic mass is 35.5. The molecule has 82 valence electrons. The number of phenolic OH excluding ortho intramolecular Hbond substituents is 1. The Labute approximate surface area is 91.1 Å². The van der Waals surface area contributed by atoms with Gasteiger partial charge in [0.15, 0.2) is 0 Å². The van der Waals surface area contributed by atoms with Gasteiger partial charge in [-0.05, 0) is 17.5 Å². The van der Waals surface area contributed by atoms with Crippen LogP contribution < -0.4 is 0 Å². The van der Waals surface area contributed by atoms with Gasteiger partial charge in [0.1, 0.15) is 11.6 Å². The van der Waals surface area contributed by atoms with E-state index in [4.69, 9.17) is 21.8 Å². The average Bonchev–Trinajstić information content (AvgIpc) is 2.09. The molecule has 0 saturated carbocycles. The molecular weight excluding hydrogens is 223 g/mol. The van der Waals surface area contributed by atoms with Crippen molar-refractivity contribution < 1.29 is 19.4 Å². The number of hydrogen-bond donors (Lipinski definition) is 2. The highest BCUT2D eigenvalue weighted by Crippen LogP contribution is 2.31. The normalized spacial score (nSPS) is 12.5. The number of phenols is 1. The predicted molar refractivity (Wildman–Crippen MR) is 53.7 cm³/mol. The van der Waals surface area contributed by atoms with Gasteiger partial charge in [0.25, 0.3) is 0 Å². The van der Waals surface area contributed by atoms with Crippen LogP contribution in [-0.4, -0.2) is 16.2 Å². The van der Waals surface area contributed by atoms with Crippen molar-refractivity contribution in [1.82, 2.24) is 0 Å². The fraction of sp³-hybridized carbons (Fsp3) is 0.300. The summed E-state index contributed by atoms with van der Waals surface area (Å²) in [6.07, 6.45) is -0.183. The summed E-state index contributed by atoms with van der Waals surface area (Å²) in [6, 6.07) is 2.13. The van der Waals surface area contributed by atoms with E-state index in [0.717, 1.165) is 6.07 Å². The molecule has 0 aliphatic rings. The summed E-state index contributed by atoms with van der Waals surface area (Å²) < 4.78 is 13.3. The van der Waals surface area contributed by atoms with Crippen LogP contribution in [0.1, 0.15) is 24.8 Å². The second kappa shape index (κ2) is 4.49. The second-order valence-electron chi connectivity index (χ2n) is 3.32. The number of halogens is 2. The first-order valence-corrected chi connectivity index (χ1v) is 4.69. The fourth-order valence-electron chi connectivity index (χ4n) is 1.30. The molecule has 0 radical (unpaired) electrons. The van der Waals surface area contributed by atoms with E-state index in [1.54, 1.807) is 6.92 Å². The minimum atomic E-state index is -1.01. The molecule has 0 heterocycles. The van der Waals surface area contributed by atoms with E-state index in [2.05, 4.69) is 0 Å². The van der Waals surface area contributed by atoms with Gasteiger partial charge >= 0.3 is 5.97 Å². The van der Waals surface area contributed by atoms with Crippen molar-refractivity contribution in [3.05, 3.63) is 28.5 Å². The van der Waals surface area contributed by atoms with Gasteiger partial charge in [-0.3, -0.25) is 4.79 Å². The van der Waals surface area contributed by atoms with Crippen LogP contribution in [0, 0.1) is 5.82 Å². The maximum atomic E-state index is 13.3. The van der Waals surface area contributed by atoms with Crippen molar-refractivity contribution >= 4 is 17.6 Å². The lowest BCUT2D eigenvalue weighted by Gasteiger charge is -2.11. The zero-order valence-corrected chi connectivity index (χ0v) is 8.75. The molecule has 1 rings (SSSR count). The predicted octanol–water partition coefficient (Wildman–Crippen LogP) is 2.76. The minimum Gasteiger partial charge on any atom is -0.506 e. The van der Waals surface area contributed by atoms with Crippen molar-refractivity contribution in [2.45, 2.75) is 19.3 Å². The van der Waals surface area contributed by atoms with Gasteiger partial charge in [-0.1, -0.05) is 18.5 Å². The molecule has 1 aromatic carbocycles. The van der Waals surface area contributed by atoms with Crippen molar-refractivity contribution in [1.29, 1.82) is 0 Å². The maximum Gasteiger partial charge on any atom is 0.303 e. The van der Waals surface area contributed by atoms with E-state index in [0.29, 0.717) is 0 Å². The zero-order chi connectivity index (χ0) is 11.6. The molecule has 0 bridgehead atoms. The number of aromatic hydroxyl groups is 1. The van der Waals surface area contributed by atoms with Gasteiger partial charge in [-0.15, -0.1) is 0 Å². The molecule has 0 aliphatic heterocycles. The number of carboxylic acid groups (broad SMARTS) is 1. The molecule has 1 atom stereocenters. The van der Waals surface area contributed by atoms with Gasteiger partial charge in [-0.2, -0.15) is 0 Å². The summed E-state index contributed by atoms with van der Waals surface area (Å²) in [5, 5.41) is 17.7. The molecule has 0 fully saturated rings. The lowest BCUT2D eigenvalue weighted by atomic mass is 9.97. The maximum absolute atomic E-state index is 13.3. The second-order valence-corrected chi connectivity index (χ2v) is 3.73. The van der Waals surface area contributed by atoms with Gasteiger partial charge in [-0.25, -0.2) is 4.39 Å². The van der Waals surface area contributed by atoms with Crippen molar-refractivity contribution in [2.75, 3.05) is 0 Å². The van der Waals surface area contributed by atoms with Crippen LogP contribution in [0.25, 0.3) is 0 Å². The Morgan fingerprint density at radius 3 is 2.73 bits per heavy atom. The van der Waals surface area contributed by atoms with Gasteiger partial charge < -0.3 is 10.2 Å². The smallest absolute Gasteiger partial charge is 0.303 e. The van der Waals surface area contributed by atoms with E-state index in [1.165, 1.54) is 6.07 Å². The van der Waals surface area contributed by atoms with Crippen LogP contribution in [0.2, 0.25) is 5.02 Å². The fourth-order valence-corrected chi connectivity index (χ4v) is 1.47. The molecule has 0 amide bonds. The number of rotatable bonds is 3. The topological polar surface area (TPSA) is 57.5 Å². The molecule has 5 heteroatoms. The number of carbonyl (C=O) groups is 1. The Morgan fingerprint density at radius 2 is 2.20 bits per heavy atom. The first-order chi connectivity index (χ1) is 6.91. The molecule has 1 unspecified atom stereocenters. The van der Waals surface area contributed by atoms with E-state index in [9.17, 15) is 9.18 Å². The summed E-state index contributed by atoms with van der Waals surface area (Å²) in [4.78, 5) is 10.4. The summed E-state index contributed by atoms with van der Waals surface area (Å²) >= 11 is 5.60. The highest BCUT2D eigenvalue weighted by Gasteiger charge is 2.16. The molecule has 15 heavy (non-hydrogen) atoms. The van der Waals surface area contributed by atoms with E-state index in [1.807, 2.05) is 0 Å². The third kappa shape index (κ3) is 2.83. The van der Waals surface area contributed by atoms with Crippen molar-refractivity contribution in [3.63, 3.8) is 0 Å². The van der Waals surface area contributed by atoms with Crippen LogP contribution in [0.5, 0.6) is 5.75 Å². The first-order valence-electron chi connectivity index (χ1n) is 4.31. The summed E-state index contributed by atoms with van der Waals surface area (Å²) in [5.74, 6) is -2.49. The van der Waals surface area contributed by atoms with E-state index in [-0.39, 0.29) is 22.8 Å². The SMILES string of the molecule is CC(CC(=O)O)c1cc(Cl)c(O)cc1F. The van der Waals surface area contributed by atoms with Gasteiger partial charge in [0.05, 0.1) is 11.4 Å². The van der Waals surface area contributed by atoms with Gasteiger partial charge in [0.2, 0.25) is 0 Å². The molecule has 1 aromatic rings. The van der Waals surface area contributed by atoms with Crippen LogP contribution in [0.4, 0.5) is 4.39 Å². The minimum absolute atomic E-state index is 0.0173. The van der Waals surface area contributed by atoms with E-state index < -0.39 is 17.7 Å². The molecule has 0 aromatic heterocycles. The van der Waals surface area contributed by atoms with Gasteiger partial charge in [0, 0.05) is 6.07 Å². The van der Waals surface area contributed by atoms with Crippen LogP contribution >= 0.6 is 11.6 Å². The molecule has 2 N–H and O–H groups in total. The number of carboxylic acids is 1. The highest BCUT2D eigenvalue weighted by molar-refractivity contribution is 6.32. The Morgan fingerprint density at radius 1 is 1.60 bits per heavy atom. The van der Waals surface area contributed by atoms with Crippen LogP contribution in [0.3, 0.4) is 0 Å². The largest absolute Gasteiger partial charge is 0.506 e. The third-order valence-corrected chi connectivity index (χ3v) is 2.38. The Balaban J connectivity index is 3.03. The molecule has 3 nitrogen and oxygen atoms in total. The number of aliphatic carboxylic acids is 1. The summed E-state index contributed by atoms with van der Waals surface area (Å²) in [7, 11) is 0. The Kier molecular flexibility index (Phi) is 3.52. The molecule has 0 saturated heterocycles. The molecular formula is C10H10ClFO3. The third-order valence-electron chi connectivity index (χ3n) is 2.08. The number of benzene rings is 1. The quantitative estimate of drug-likeness (QED) is 0.843. The van der Waals surface area contributed by atoms with Crippen LogP contribution in [0.15, 0.2) is 12.1 Å². The first kappa shape index (κ1) is 11.8. The van der Waals surface area contributed by atoms with E-state index >= 15 is 0 Å². The van der Waals surface area contributed by atoms with Crippen molar-refractivity contribution in [3.8, 4) is 5.75 Å². The molecule has 0 spiro atoms. The Bertz CT molecular complexity index is 392. The molecule has 0 aliphatic carbocycles. The summed E-state index contributed by atoms with van der Waals surface area (Å²) in [6.45, 7) is 1.58. The lowest BCUT2D eigenvalue weighted by Crippen LogP contribution is -2.04. The van der Waals surface area contributed by atoms with Crippen LogP contribution in [-0.2, 0) is 4.79 Å². The van der Waals surface area contributed by atoms with Crippen molar-refractivity contribution in [2.24, 2.45) is 0 Å².